The number of rotatable bonds is 7. The van der Waals surface area contributed by atoms with Gasteiger partial charge in [0.05, 0.1) is 37.4 Å². The average Bonchev–Trinajstić information content (AvgIpc) is 2.87. The summed E-state index contributed by atoms with van der Waals surface area (Å²) in [6, 6.07) is 7.41. The number of aliphatic hydroxyl groups excluding tert-OH is 1. The normalized spacial score (nSPS) is 19.2. The third-order valence-electron chi connectivity index (χ3n) is 6.39. The van der Waals surface area contributed by atoms with E-state index in [1.54, 1.807) is 31.9 Å². The smallest absolute Gasteiger partial charge is 0.308 e. The largest absolute Gasteiger partial charge is 0.497 e. The number of piperidine rings is 1. The first-order chi connectivity index (χ1) is 16.5. The summed E-state index contributed by atoms with van der Waals surface area (Å²) in [5.74, 6) is 5.45. The number of carboxylic acids is 1. The van der Waals surface area contributed by atoms with E-state index in [-0.39, 0.29) is 5.92 Å². The zero-order valence-corrected chi connectivity index (χ0v) is 19.1. The molecule has 3 heterocycles. The molecule has 4 rings (SSSR count). The van der Waals surface area contributed by atoms with Gasteiger partial charge in [0, 0.05) is 30.5 Å². The van der Waals surface area contributed by atoms with E-state index >= 15 is 0 Å². The number of aromatic nitrogens is 3. The third kappa shape index (κ3) is 5.68. The van der Waals surface area contributed by atoms with Crippen molar-refractivity contribution in [2.24, 2.45) is 11.8 Å². The molecule has 1 fully saturated rings. The van der Waals surface area contributed by atoms with E-state index in [2.05, 4.69) is 31.7 Å². The Morgan fingerprint density at radius 1 is 1.26 bits per heavy atom. The minimum Gasteiger partial charge on any atom is -0.497 e. The maximum Gasteiger partial charge on any atom is 0.308 e. The van der Waals surface area contributed by atoms with Crippen LogP contribution in [0.15, 0.2) is 49.1 Å². The van der Waals surface area contributed by atoms with E-state index < -0.39 is 18.0 Å². The van der Waals surface area contributed by atoms with E-state index in [9.17, 15) is 15.0 Å². The lowest BCUT2D eigenvalue weighted by Crippen LogP contribution is -2.44. The molecule has 8 heteroatoms. The number of hydrogen-bond donors (Lipinski definition) is 2. The molecule has 2 N–H and O–H groups in total. The van der Waals surface area contributed by atoms with E-state index in [0.717, 1.165) is 29.4 Å². The van der Waals surface area contributed by atoms with Crippen LogP contribution in [0.1, 0.15) is 36.6 Å². The van der Waals surface area contributed by atoms with E-state index in [0.29, 0.717) is 37.4 Å². The Bertz CT molecular complexity index is 1190. The highest BCUT2D eigenvalue weighted by Gasteiger charge is 2.34. The first-order valence-electron chi connectivity index (χ1n) is 11.4. The number of fused-ring (bicyclic) bond motifs is 1. The summed E-state index contributed by atoms with van der Waals surface area (Å²) in [5, 5.41) is 21.7. The minimum atomic E-state index is -0.801. The molecule has 0 amide bonds. The second-order valence-electron chi connectivity index (χ2n) is 8.50. The summed E-state index contributed by atoms with van der Waals surface area (Å²) < 4.78 is 5.32. The van der Waals surface area contributed by atoms with Crippen LogP contribution in [0.25, 0.3) is 10.9 Å². The fourth-order valence-electron chi connectivity index (χ4n) is 4.53. The number of likely N-dealkylation sites (tertiary alicyclic amines) is 1. The first-order valence-corrected chi connectivity index (χ1v) is 11.4. The second kappa shape index (κ2) is 11.1. The van der Waals surface area contributed by atoms with Crippen molar-refractivity contribution < 1.29 is 19.7 Å². The molecule has 2 aromatic heterocycles. The number of aliphatic carboxylic acids is 1. The van der Waals surface area contributed by atoms with Crippen molar-refractivity contribution in [1.29, 1.82) is 0 Å². The molecular formula is C26H28N4O4. The molecule has 3 atom stereocenters. The summed E-state index contributed by atoms with van der Waals surface area (Å²) in [6.45, 7) is 1.70. The molecule has 8 nitrogen and oxygen atoms in total. The Kier molecular flexibility index (Phi) is 7.68. The fraction of sp³-hybridized carbons (Fsp3) is 0.385. The molecule has 3 aromatic rings. The zero-order chi connectivity index (χ0) is 23.9. The van der Waals surface area contributed by atoms with Gasteiger partial charge in [0.25, 0.3) is 0 Å². The van der Waals surface area contributed by atoms with Crippen LogP contribution in [0.5, 0.6) is 5.75 Å². The summed E-state index contributed by atoms with van der Waals surface area (Å²) in [6.07, 6.45) is 7.64. The zero-order valence-electron chi connectivity index (χ0n) is 19.1. The molecule has 0 bridgehead atoms. The number of ether oxygens (including phenoxy) is 1. The number of aliphatic hydroxyl groups is 1. The highest BCUT2D eigenvalue weighted by molar-refractivity contribution is 5.83. The van der Waals surface area contributed by atoms with Crippen LogP contribution in [-0.2, 0) is 4.79 Å². The Labute approximate surface area is 198 Å². The lowest BCUT2D eigenvalue weighted by Gasteiger charge is -2.36. The molecule has 1 aliphatic rings. The van der Waals surface area contributed by atoms with Crippen LogP contribution in [0.2, 0.25) is 0 Å². The van der Waals surface area contributed by atoms with E-state index in [1.807, 2.05) is 24.3 Å². The molecule has 0 saturated carbocycles. The van der Waals surface area contributed by atoms with Crippen molar-refractivity contribution in [2.45, 2.75) is 25.4 Å². The van der Waals surface area contributed by atoms with Gasteiger partial charge in [-0.15, -0.1) is 0 Å². The number of nitrogens with zero attached hydrogens (tertiary/aromatic N) is 4. The predicted octanol–water partition coefficient (Wildman–Crippen LogP) is 2.92. The van der Waals surface area contributed by atoms with Gasteiger partial charge in [-0.25, -0.2) is 4.98 Å². The van der Waals surface area contributed by atoms with Crippen molar-refractivity contribution in [1.82, 2.24) is 19.9 Å². The standard InChI is InChI=1S/C26H28N4O4/c1-34-20-5-6-24-22(15-20)21(8-10-29-24)25(31)7-4-18-9-14-30(17-23(18)26(32)33)13-2-3-19-16-27-11-12-28-19/h5-6,8,10-12,15-16,18,23,25,31H,4,7,9,13-14,17H2,1H3,(H,32,33)/t18-,23+,25?/m1/s1. The number of carbonyl (C=O) groups is 1. The molecule has 1 aliphatic heterocycles. The highest BCUT2D eigenvalue weighted by atomic mass is 16.5. The predicted molar refractivity (Wildman–Crippen MR) is 127 cm³/mol. The van der Waals surface area contributed by atoms with Gasteiger partial charge in [0.1, 0.15) is 11.4 Å². The lowest BCUT2D eigenvalue weighted by molar-refractivity contribution is -0.146. The fourth-order valence-corrected chi connectivity index (χ4v) is 4.53. The average molecular weight is 461 g/mol. The monoisotopic (exact) mass is 460 g/mol. The van der Waals surface area contributed by atoms with Gasteiger partial charge in [0.15, 0.2) is 0 Å². The highest BCUT2D eigenvalue weighted by Crippen LogP contribution is 2.33. The molecule has 0 spiro atoms. The van der Waals surface area contributed by atoms with Crippen LogP contribution < -0.4 is 4.74 Å². The van der Waals surface area contributed by atoms with Crippen molar-refractivity contribution in [3.8, 4) is 17.6 Å². The van der Waals surface area contributed by atoms with Crippen LogP contribution >= 0.6 is 0 Å². The van der Waals surface area contributed by atoms with Gasteiger partial charge in [-0.2, -0.15) is 0 Å². The lowest BCUT2D eigenvalue weighted by atomic mass is 9.81. The summed E-state index contributed by atoms with van der Waals surface area (Å²) in [7, 11) is 1.60. The van der Waals surface area contributed by atoms with Crippen LogP contribution in [0, 0.1) is 23.7 Å². The van der Waals surface area contributed by atoms with Gasteiger partial charge >= 0.3 is 5.97 Å². The SMILES string of the molecule is COc1ccc2nccc(C(O)CC[C@@H]3CCN(CC#Cc4cnccn4)C[C@@H]3C(=O)O)c2c1. The van der Waals surface area contributed by atoms with Crippen LogP contribution in [-0.4, -0.2) is 62.8 Å². The Hall–Kier alpha value is -3.54. The number of pyridine rings is 1. The van der Waals surface area contributed by atoms with Gasteiger partial charge in [-0.1, -0.05) is 5.92 Å². The van der Waals surface area contributed by atoms with Crippen molar-refractivity contribution in [3.05, 3.63) is 60.3 Å². The molecular weight excluding hydrogens is 432 g/mol. The van der Waals surface area contributed by atoms with Crippen LogP contribution in [0.3, 0.4) is 0 Å². The number of hydrogen-bond acceptors (Lipinski definition) is 7. The molecule has 0 radical (unpaired) electrons. The minimum absolute atomic E-state index is 0.000938. The van der Waals surface area contributed by atoms with Crippen molar-refractivity contribution in [2.75, 3.05) is 26.7 Å². The van der Waals surface area contributed by atoms with E-state index in [4.69, 9.17) is 4.74 Å². The van der Waals surface area contributed by atoms with Crippen molar-refractivity contribution in [3.63, 3.8) is 0 Å². The number of methoxy groups -OCH3 is 1. The molecule has 176 valence electrons. The second-order valence-corrected chi connectivity index (χ2v) is 8.50. The van der Waals surface area contributed by atoms with Gasteiger partial charge in [-0.3, -0.25) is 19.7 Å². The summed E-state index contributed by atoms with van der Waals surface area (Å²) in [4.78, 5) is 26.6. The molecule has 0 aliphatic carbocycles. The Balaban J connectivity index is 1.38. The summed E-state index contributed by atoms with van der Waals surface area (Å²) >= 11 is 0. The van der Waals surface area contributed by atoms with Crippen LogP contribution in [0.4, 0.5) is 0 Å². The molecule has 1 unspecified atom stereocenters. The summed E-state index contributed by atoms with van der Waals surface area (Å²) in [5.41, 5.74) is 2.17. The number of benzene rings is 1. The Morgan fingerprint density at radius 2 is 2.15 bits per heavy atom. The van der Waals surface area contributed by atoms with Crippen molar-refractivity contribution >= 4 is 16.9 Å². The van der Waals surface area contributed by atoms with Gasteiger partial charge in [-0.05, 0) is 67.5 Å². The maximum atomic E-state index is 12.0. The van der Waals surface area contributed by atoms with Gasteiger partial charge in [0.2, 0.25) is 0 Å². The maximum absolute atomic E-state index is 12.0. The first kappa shape index (κ1) is 23.6. The van der Waals surface area contributed by atoms with E-state index in [1.165, 1.54) is 0 Å². The molecule has 1 aromatic carbocycles. The Morgan fingerprint density at radius 3 is 2.91 bits per heavy atom. The van der Waals surface area contributed by atoms with Gasteiger partial charge < -0.3 is 14.9 Å². The third-order valence-corrected chi connectivity index (χ3v) is 6.39. The number of carboxylic acid groups (broad SMARTS) is 1. The molecule has 1 saturated heterocycles. The molecule has 34 heavy (non-hydrogen) atoms. The quantitative estimate of drug-likeness (QED) is 0.518. The topological polar surface area (TPSA) is 109 Å².